The summed E-state index contributed by atoms with van der Waals surface area (Å²) in [5.41, 5.74) is 6.40. The molecule has 0 fully saturated rings. The molecule has 2 rings (SSSR count). The fourth-order valence-corrected chi connectivity index (χ4v) is 2.25. The predicted molar refractivity (Wildman–Crippen MR) is 98.9 cm³/mol. The van der Waals surface area contributed by atoms with Gasteiger partial charge in [0.05, 0.1) is 16.3 Å². The van der Waals surface area contributed by atoms with E-state index in [1.807, 2.05) is 0 Å². The Balaban J connectivity index is 2.06. The molecule has 0 radical (unpaired) electrons. The molecule has 1 atom stereocenters. The van der Waals surface area contributed by atoms with Gasteiger partial charge in [-0.3, -0.25) is 0 Å². The van der Waals surface area contributed by atoms with Gasteiger partial charge in [-0.05, 0) is 29.8 Å². The van der Waals surface area contributed by atoms with Crippen molar-refractivity contribution in [3.05, 3.63) is 57.6 Å². The molecule has 0 aromatic heterocycles. The molecule has 9 heteroatoms. The maximum absolute atomic E-state index is 9.90. The second kappa shape index (κ2) is 8.48. The number of nitrogens with zero attached hydrogens (tertiary/aromatic N) is 3. The van der Waals surface area contributed by atoms with Crippen LogP contribution in [0.4, 0.5) is 0 Å². The van der Waals surface area contributed by atoms with Crippen molar-refractivity contribution in [3.8, 4) is 11.5 Å². The van der Waals surface area contributed by atoms with Gasteiger partial charge >= 0.3 is 0 Å². The zero-order valence-electron chi connectivity index (χ0n) is 12.7. The van der Waals surface area contributed by atoms with Crippen molar-refractivity contribution in [2.24, 2.45) is 20.9 Å². The van der Waals surface area contributed by atoms with Crippen LogP contribution in [0.2, 0.25) is 10.0 Å². The number of guanidine groups is 1. The average Bonchev–Trinajstić information content (AvgIpc) is 2.56. The first kappa shape index (κ1) is 18.7. The molecule has 0 aliphatic heterocycles. The molecule has 130 valence electrons. The van der Waals surface area contributed by atoms with Gasteiger partial charge in [0.15, 0.2) is 11.5 Å². The number of hydrogen-bond acceptors (Lipinski definition) is 5. The normalized spacial score (nSPS) is 13.6. The van der Waals surface area contributed by atoms with Gasteiger partial charge in [-0.1, -0.05) is 35.3 Å². The molecule has 2 aromatic rings. The lowest BCUT2D eigenvalue weighted by Crippen LogP contribution is -2.08. The molecule has 5 N–H and O–H groups in total. The Bertz CT molecular complexity index is 833. The number of aliphatic hydroxyl groups excluding tert-OH is 1. The van der Waals surface area contributed by atoms with Crippen molar-refractivity contribution < 1.29 is 15.3 Å². The number of phenols is 2. The van der Waals surface area contributed by atoms with Gasteiger partial charge in [0.2, 0.25) is 5.96 Å². The Hall–Kier alpha value is -2.61. The van der Waals surface area contributed by atoms with E-state index < -0.39 is 6.10 Å². The van der Waals surface area contributed by atoms with Crippen molar-refractivity contribution in [2.75, 3.05) is 0 Å². The van der Waals surface area contributed by atoms with E-state index in [-0.39, 0.29) is 17.5 Å². The van der Waals surface area contributed by atoms with Gasteiger partial charge in [0.25, 0.3) is 0 Å². The molecule has 25 heavy (non-hydrogen) atoms. The molecule has 0 amide bonds. The molecule has 0 bridgehead atoms. The van der Waals surface area contributed by atoms with Crippen LogP contribution in [0.25, 0.3) is 0 Å². The zero-order valence-corrected chi connectivity index (χ0v) is 14.2. The van der Waals surface area contributed by atoms with Crippen LogP contribution in [0, 0.1) is 0 Å². The Morgan fingerprint density at radius 1 is 1.08 bits per heavy atom. The van der Waals surface area contributed by atoms with Gasteiger partial charge in [-0.15, -0.1) is 5.10 Å². The third kappa shape index (κ3) is 5.18. The van der Waals surface area contributed by atoms with E-state index in [9.17, 15) is 15.3 Å². The first-order valence-corrected chi connectivity index (χ1v) is 7.68. The van der Waals surface area contributed by atoms with Crippen LogP contribution in [0.3, 0.4) is 0 Å². The highest BCUT2D eigenvalue weighted by atomic mass is 35.5. The van der Waals surface area contributed by atoms with E-state index in [0.717, 1.165) is 6.21 Å². The fraction of sp³-hybridized carbons (Fsp3) is 0.0625. The molecular formula is C16H14Cl2N4O3. The third-order valence-electron chi connectivity index (χ3n) is 3.03. The molecule has 0 aliphatic carbocycles. The van der Waals surface area contributed by atoms with Crippen LogP contribution < -0.4 is 5.73 Å². The topological polar surface area (TPSA) is 124 Å². The van der Waals surface area contributed by atoms with E-state index in [4.69, 9.17) is 28.9 Å². The zero-order chi connectivity index (χ0) is 18.4. The molecule has 0 saturated heterocycles. The van der Waals surface area contributed by atoms with Gasteiger partial charge in [0, 0.05) is 11.8 Å². The minimum Gasteiger partial charge on any atom is -0.504 e. The molecule has 0 heterocycles. The van der Waals surface area contributed by atoms with E-state index >= 15 is 0 Å². The van der Waals surface area contributed by atoms with Gasteiger partial charge in [-0.2, -0.15) is 5.10 Å². The molecule has 2 aromatic carbocycles. The van der Waals surface area contributed by atoms with Crippen LogP contribution in [0.15, 0.2) is 51.6 Å². The lowest BCUT2D eigenvalue weighted by Gasteiger charge is -2.05. The highest BCUT2D eigenvalue weighted by molar-refractivity contribution is 6.38. The summed E-state index contributed by atoms with van der Waals surface area (Å²) in [4.78, 5) is 3.88. The highest BCUT2D eigenvalue weighted by Crippen LogP contribution is 2.27. The summed E-state index contributed by atoms with van der Waals surface area (Å²) < 4.78 is 0. The summed E-state index contributed by atoms with van der Waals surface area (Å²) in [5, 5.41) is 36.6. The van der Waals surface area contributed by atoms with E-state index in [2.05, 4.69) is 15.2 Å². The Labute approximate surface area is 153 Å². The maximum Gasteiger partial charge on any atom is 0.240 e. The number of halogens is 2. The molecule has 0 spiro atoms. The van der Waals surface area contributed by atoms with Crippen molar-refractivity contribution >= 4 is 41.6 Å². The number of phenolic OH excluding ortho intramolecular Hbond substituents is 2. The molecule has 7 nitrogen and oxygen atoms in total. The first-order chi connectivity index (χ1) is 11.9. The maximum atomic E-state index is 9.90. The van der Waals surface area contributed by atoms with Crippen molar-refractivity contribution in [1.29, 1.82) is 0 Å². The third-order valence-corrected chi connectivity index (χ3v) is 3.69. The SMILES string of the molecule is NC(N=Cc1c(Cl)cccc1Cl)=NN=CC(O)c1ccc(O)c(O)c1. The second-order valence-corrected chi connectivity index (χ2v) is 5.62. The summed E-state index contributed by atoms with van der Waals surface area (Å²) in [7, 11) is 0. The number of benzene rings is 2. The molecule has 0 aliphatic rings. The van der Waals surface area contributed by atoms with Crippen LogP contribution in [-0.2, 0) is 0 Å². The van der Waals surface area contributed by atoms with Gasteiger partial charge in [0.1, 0.15) is 6.10 Å². The van der Waals surface area contributed by atoms with E-state index in [1.54, 1.807) is 18.2 Å². The number of aliphatic imine (C=N–C) groups is 1. The molecular weight excluding hydrogens is 367 g/mol. The van der Waals surface area contributed by atoms with Crippen LogP contribution in [-0.4, -0.2) is 33.7 Å². The van der Waals surface area contributed by atoms with Gasteiger partial charge < -0.3 is 21.1 Å². The first-order valence-electron chi connectivity index (χ1n) is 6.93. The number of rotatable bonds is 4. The quantitative estimate of drug-likeness (QED) is 0.281. The van der Waals surface area contributed by atoms with Crippen molar-refractivity contribution in [2.45, 2.75) is 6.10 Å². The summed E-state index contributed by atoms with van der Waals surface area (Å²) in [6, 6.07) is 8.89. The molecule has 0 saturated carbocycles. The average molecular weight is 381 g/mol. The molecule has 1 unspecified atom stereocenters. The number of aliphatic hydroxyl groups is 1. The van der Waals surface area contributed by atoms with Crippen LogP contribution in [0.5, 0.6) is 11.5 Å². The van der Waals surface area contributed by atoms with Crippen molar-refractivity contribution in [3.63, 3.8) is 0 Å². The summed E-state index contributed by atoms with van der Waals surface area (Å²) in [5.74, 6) is -0.815. The number of hydrogen-bond donors (Lipinski definition) is 4. The Morgan fingerprint density at radius 3 is 2.40 bits per heavy atom. The summed E-state index contributed by atoms with van der Waals surface area (Å²) in [6.45, 7) is 0. The second-order valence-electron chi connectivity index (χ2n) is 4.81. The monoisotopic (exact) mass is 380 g/mol. The van der Waals surface area contributed by atoms with E-state index in [0.29, 0.717) is 21.2 Å². The smallest absolute Gasteiger partial charge is 0.240 e. The minimum atomic E-state index is -1.15. The number of aromatic hydroxyl groups is 2. The minimum absolute atomic E-state index is 0.173. The Morgan fingerprint density at radius 2 is 1.76 bits per heavy atom. The number of nitrogens with two attached hydrogens (primary N) is 1. The van der Waals surface area contributed by atoms with Crippen LogP contribution >= 0.6 is 23.2 Å². The lowest BCUT2D eigenvalue weighted by atomic mass is 10.1. The predicted octanol–water partition coefficient (Wildman–Crippen LogP) is 2.86. The fourth-order valence-electron chi connectivity index (χ4n) is 1.76. The van der Waals surface area contributed by atoms with Crippen molar-refractivity contribution in [1.82, 2.24) is 0 Å². The van der Waals surface area contributed by atoms with Gasteiger partial charge in [-0.25, -0.2) is 4.99 Å². The van der Waals surface area contributed by atoms with E-state index in [1.165, 1.54) is 24.4 Å². The van der Waals surface area contributed by atoms with Crippen LogP contribution in [0.1, 0.15) is 17.2 Å². The highest BCUT2D eigenvalue weighted by Gasteiger charge is 2.07. The largest absolute Gasteiger partial charge is 0.504 e. The summed E-state index contributed by atoms with van der Waals surface area (Å²) >= 11 is 12.0. The Kier molecular flexibility index (Phi) is 6.35. The lowest BCUT2D eigenvalue weighted by molar-refractivity contribution is 0.251. The summed E-state index contributed by atoms with van der Waals surface area (Å²) in [6.07, 6.45) is 1.30. The standard InChI is InChI=1S/C16H14Cl2N4O3/c17-11-2-1-3-12(18)10(11)7-20-16(19)22-21-8-15(25)9-4-5-13(23)14(24)6-9/h1-8,15,23-25H,(H2,19,22).